The summed E-state index contributed by atoms with van der Waals surface area (Å²) in [5.74, 6) is 0. The molecule has 0 aliphatic carbocycles. The predicted octanol–water partition coefficient (Wildman–Crippen LogP) is 3.80. The van der Waals surface area contributed by atoms with E-state index in [2.05, 4.69) is 29.1 Å². The number of carbonyl (C=O) groups excluding carboxylic acids is 1. The molecule has 1 unspecified atom stereocenters. The van der Waals surface area contributed by atoms with Crippen molar-refractivity contribution in [2.75, 3.05) is 13.1 Å². The maximum absolute atomic E-state index is 12.0. The minimum Gasteiger partial charge on any atom is -0.444 e. The zero-order valence-corrected chi connectivity index (χ0v) is 14.2. The lowest BCUT2D eigenvalue weighted by molar-refractivity contribution is 0.0196. The van der Waals surface area contributed by atoms with Gasteiger partial charge in [-0.2, -0.15) is 11.3 Å². The Kier molecular flexibility index (Phi) is 5.27. The van der Waals surface area contributed by atoms with Crippen LogP contribution in [-0.2, 0) is 4.74 Å². The van der Waals surface area contributed by atoms with Crippen LogP contribution in [0, 0.1) is 0 Å². The highest BCUT2D eigenvalue weighted by atomic mass is 32.1. The third kappa shape index (κ3) is 5.00. The lowest BCUT2D eigenvalue weighted by Crippen LogP contribution is -2.46. The maximum atomic E-state index is 12.0. The number of amides is 1. The van der Waals surface area contributed by atoms with E-state index in [0.717, 1.165) is 25.9 Å². The maximum Gasteiger partial charge on any atom is 0.410 e. The average Bonchev–Trinajstić information content (AvgIpc) is 2.91. The lowest BCUT2D eigenvalue weighted by atomic mass is 10.0. The van der Waals surface area contributed by atoms with Crippen molar-refractivity contribution in [3.8, 4) is 0 Å². The highest BCUT2D eigenvalue weighted by Gasteiger charge is 2.27. The van der Waals surface area contributed by atoms with Gasteiger partial charge >= 0.3 is 6.09 Å². The van der Waals surface area contributed by atoms with Crippen molar-refractivity contribution in [3.05, 3.63) is 22.4 Å². The van der Waals surface area contributed by atoms with Crippen LogP contribution in [-0.4, -0.2) is 35.7 Å². The molecule has 5 heteroatoms. The Morgan fingerprint density at radius 2 is 2.10 bits per heavy atom. The van der Waals surface area contributed by atoms with E-state index < -0.39 is 5.60 Å². The van der Waals surface area contributed by atoms with E-state index in [4.69, 9.17) is 4.74 Å². The Hall–Kier alpha value is -1.07. The van der Waals surface area contributed by atoms with E-state index in [1.807, 2.05) is 25.7 Å². The van der Waals surface area contributed by atoms with Crippen LogP contribution in [0.25, 0.3) is 0 Å². The van der Waals surface area contributed by atoms with Crippen LogP contribution in [0.1, 0.15) is 52.1 Å². The molecule has 2 rings (SSSR count). The van der Waals surface area contributed by atoms with E-state index in [-0.39, 0.29) is 6.09 Å². The molecule has 1 amide bonds. The van der Waals surface area contributed by atoms with Crippen molar-refractivity contribution in [2.24, 2.45) is 0 Å². The first-order valence-electron chi connectivity index (χ1n) is 7.61. The zero-order chi connectivity index (χ0) is 15.5. The number of rotatable bonds is 3. The van der Waals surface area contributed by atoms with Gasteiger partial charge in [0.1, 0.15) is 5.60 Å². The number of ether oxygens (including phenoxy) is 1. The molecule has 118 valence electrons. The van der Waals surface area contributed by atoms with Crippen LogP contribution in [0.15, 0.2) is 16.8 Å². The summed E-state index contributed by atoms with van der Waals surface area (Å²) in [5.41, 5.74) is 0.925. The molecule has 1 aliphatic rings. The van der Waals surface area contributed by atoms with Crippen LogP contribution < -0.4 is 5.32 Å². The zero-order valence-electron chi connectivity index (χ0n) is 13.4. The number of carbonyl (C=O) groups is 1. The summed E-state index contributed by atoms with van der Waals surface area (Å²) in [7, 11) is 0. The molecule has 1 aliphatic heterocycles. The van der Waals surface area contributed by atoms with E-state index in [0.29, 0.717) is 12.1 Å². The molecule has 1 aromatic rings. The van der Waals surface area contributed by atoms with Gasteiger partial charge < -0.3 is 15.0 Å². The van der Waals surface area contributed by atoms with E-state index in [1.165, 1.54) is 5.56 Å². The third-order valence-electron chi connectivity index (χ3n) is 3.68. The highest BCUT2D eigenvalue weighted by Crippen LogP contribution is 2.20. The highest BCUT2D eigenvalue weighted by molar-refractivity contribution is 7.07. The molecule has 2 heterocycles. The first kappa shape index (κ1) is 16.3. The fraction of sp³-hybridized carbons (Fsp3) is 0.688. The first-order chi connectivity index (χ1) is 9.85. The van der Waals surface area contributed by atoms with Crippen LogP contribution >= 0.6 is 11.3 Å². The van der Waals surface area contributed by atoms with Crippen molar-refractivity contribution < 1.29 is 9.53 Å². The molecule has 0 bridgehead atoms. The molecule has 0 spiro atoms. The summed E-state index contributed by atoms with van der Waals surface area (Å²) in [6, 6.07) is 3.01. The topological polar surface area (TPSA) is 41.6 Å². The van der Waals surface area contributed by atoms with Crippen LogP contribution in [0.5, 0.6) is 0 Å². The lowest BCUT2D eigenvalue weighted by Gasteiger charge is -2.34. The molecule has 0 radical (unpaired) electrons. The van der Waals surface area contributed by atoms with Gasteiger partial charge in [-0.15, -0.1) is 0 Å². The molecule has 1 aromatic heterocycles. The van der Waals surface area contributed by atoms with Crippen molar-refractivity contribution in [2.45, 2.75) is 58.2 Å². The first-order valence-corrected chi connectivity index (χ1v) is 8.55. The Labute approximate surface area is 131 Å². The molecule has 0 saturated carbocycles. The van der Waals surface area contributed by atoms with Gasteiger partial charge in [-0.3, -0.25) is 0 Å². The van der Waals surface area contributed by atoms with Gasteiger partial charge in [-0.25, -0.2) is 4.79 Å². The Bertz CT molecular complexity index is 445. The monoisotopic (exact) mass is 310 g/mol. The number of likely N-dealkylation sites (tertiary alicyclic amines) is 1. The fourth-order valence-electron chi connectivity index (χ4n) is 2.53. The minimum atomic E-state index is -0.417. The normalized spacial score (nSPS) is 18.6. The van der Waals surface area contributed by atoms with Crippen molar-refractivity contribution in [1.29, 1.82) is 0 Å². The second kappa shape index (κ2) is 6.79. The Morgan fingerprint density at radius 3 is 2.62 bits per heavy atom. The van der Waals surface area contributed by atoms with Crippen molar-refractivity contribution >= 4 is 17.4 Å². The molecular formula is C16H26N2O2S. The fourth-order valence-corrected chi connectivity index (χ4v) is 3.28. The summed E-state index contributed by atoms with van der Waals surface area (Å²) in [6.45, 7) is 9.44. The van der Waals surface area contributed by atoms with Gasteiger partial charge in [0.2, 0.25) is 0 Å². The number of thiophene rings is 1. The van der Waals surface area contributed by atoms with Gasteiger partial charge in [0.25, 0.3) is 0 Å². The molecular weight excluding hydrogens is 284 g/mol. The number of hydrogen-bond donors (Lipinski definition) is 1. The smallest absolute Gasteiger partial charge is 0.410 e. The number of hydrogen-bond acceptors (Lipinski definition) is 4. The van der Waals surface area contributed by atoms with Crippen LogP contribution in [0.3, 0.4) is 0 Å². The summed E-state index contributed by atoms with van der Waals surface area (Å²) < 4.78 is 5.42. The summed E-state index contributed by atoms with van der Waals surface area (Å²) in [5, 5.41) is 7.95. The molecule has 1 atom stereocenters. The molecule has 1 fully saturated rings. The van der Waals surface area contributed by atoms with E-state index in [1.54, 1.807) is 11.3 Å². The van der Waals surface area contributed by atoms with Crippen molar-refractivity contribution in [1.82, 2.24) is 10.2 Å². The van der Waals surface area contributed by atoms with Gasteiger partial charge in [0, 0.05) is 25.2 Å². The molecule has 1 saturated heterocycles. The SMILES string of the molecule is CC(NC1CCN(C(=O)OC(C)(C)C)CC1)c1ccsc1. The standard InChI is InChI=1S/C16H26N2O2S/c1-12(13-7-10-21-11-13)17-14-5-8-18(9-6-14)15(19)20-16(2,3)4/h7,10-12,14,17H,5-6,8-9H2,1-4H3. The van der Waals surface area contributed by atoms with Gasteiger partial charge in [-0.1, -0.05) is 0 Å². The predicted molar refractivity (Wildman–Crippen MR) is 86.7 cm³/mol. The minimum absolute atomic E-state index is 0.188. The molecule has 21 heavy (non-hydrogen) atoms. The average molecular weight is 310 g/mol. The number of nitrogens with zero attached hydrogens (tertiary/aromatic N) is 1. The Morgan fingerprint density at radius 1 is 1.43 bits per heavy atom. The van der Waals surface area contributed by atoms with Crippen molar-refractivity contribution in [3.63, 3.8) is 0 Å². The molecule has 0 aromatic carbocycles. The largest absolute Gasteiger partial charge is 0.444 e. The van der Waals surface area contributed by atoms with Gasteiger partial charge in [0.15, 0.2) is 0 Å². The van der Waals surface area contributed by atoms with Crippen LogP contribution in [0.4, 0.5) is 4.79 Å². The van der Waals surface area contributed by atoms with E-state index >= 15 is 0 Å². The Balaban J connectivity index is 1.77. The number of piperidine rings is 1. The number of nitrogens with one attached hydrogen (secondary N) is 1. The summed E-state index contributed by atoms with van der Waals surface area (Å²) in [6.07, 6.45) is 1.77. The quantitative estimate of drug-likeness (QED) is 0.923. The van der Waals surface area contributed by atoms with Gasteiger partial charge in [0.05, 0.1) is 0 Å². The molecule has 4 nitrogen and oxygen atoms in total. The molecule has 1 N–H and O–H groups in total. The second-order valence-corrected chi connectivity index (χ2v) is 7.47. The van der Waals surface area contributed by atoms with Gasteiger partial charge in [-0.05, 0) is 62.9 Å². The summed E-state index contributed by atoms with van der Waals surface area (Å²) in [4.78, 5) is 13.8. The second-order valence-electron chi connectivity index (χ2n) is 6.69. The summed E-state index contributed by atoms with van der Waals surface area (Å²) >= 11 is 1.73. The third-order valence-corrected chi connectivity index (χ3v) is 4.38. The van der Waals surface area contributed by atoms with Crippen LogP contribution in [0.2, 0.25) is 0 Å². The van der Waals surface area contributed by atoms with E-state index in [9.17, 15) is 4.79 Å².